The number of esters is 1. The van der Waals surface area contributed by atoms with E-state index >= 15 is 0 Å². The first-order chi connectivity index (χ1) is 7.50. The predicted molar refractivity (Wildman–Crippen MR) is 41.9 cm³/mol. The quantitative estimate of drug-likeness (QED) is 0.445. The number of carbonyl (C=O) groups excluding carboxylic acids is 2. The molecule has 0 aliphatic heterocycles. The van der Waals surface area contributed by atoms with Crippen LogP contribution in [0.4, 0.5) is 26.3 Å². The molecule has 0 fully saturated rings. The molecule has 0 aromatic heterocycles. The normalized spacial score (nSPS) is 12.7. The monoisotopic (exact) mass is 266 g/mol. The van der Waals surface area contributed by atoms with Gasteiger partial charge >= 0.3 is 18.3 Å². The van der Waals surface area contributed by atoms with Crippen LogP contribution in [0.15, 0.2) is 0 Å². The number of alkyl halides is 6. The van der Waals surface area contributed by atoms with E-state index in [1.165, 1.54) is 6.92 Å². The summed E-state index contributed by atoms with van der Waals surface area (Å²) < 4.78 is 76.0. The Kier molecular flexibility index (Phi) is 4.96. The molecule has 100 valence electrons. The van der Waals surface area contributed by atoms with E-state index in [2.05, 4.69) is 4.74 Å². The van der Waals surface area contributed by atoms with Crippen LogP contribution in [0.25, 0.3) is 0 Å². The standard InChI is InChI=1S/C8H8F6O3/c1-2-17-6(16)4(15)3-5(7(9,10)11)8(12,13)14/h5H,2-3H2,1H3. The van der Waals surface area contributed by atoms with Crippen molar-refractivity contribution in [3.05, 3.63) is 0 Å². The smallest absolute Gasteiger partial charge is 0.400 e. The van der Waals surface area contributed by atoms with E-state index in [-0.39, 0.29) is 6.61 Å². The van der Waals surface area contributed by atoms with E-state index in [0.717, 1.165) is 0 Å². The molecule has 0 aromatic rings. The Morgan fingerprint density at radius 2 is 1.47 bits per heavy atom. The van der Waals surface area contributed by atoms with Gasteiger partial charge in [-0.25, -0.2) is 4.79 Å². The molecule has 0 aromatic carbocycles. The van der Waals surface area contributed by atoms with E-state index in [1.807, 2.05) is 0 Å². The maximum Gasteiger partial charge on any atom is 0.400 e. The van der Waals surface area contributed by atoms with Crippen molar-refractivity contribution in [2.45, 2.75) is 25.7 Å². The molecular weight excluding hydrogens is 258 g/mol. The lowest BCUT2D eigenvalue weighted by Crippen LogP contribution is -2.39. The van der Waals surface area contributed by atoms with Crippen molar-refractivity contribution in [3.8, 4) is 0 Å². The Labute approximate surface area is 91.7 Å². The van der Waals surface area contributed by atoms with Gasteiger partial charge in [-0.15, -0.1) is 0 Å². The number of ketones is 1. The topological polar surface area (TPSA) is 43.4 Å². The fraction of sp³-hybridized carbons (Fsp3) is 0.750. The van der Waals surface area contributed by atoms with Crippen LogP contribution in [0.1, 0.15) is 13.3 Å². The van der Waals surface area contributed by atoms with E-state index in [0.29, 0.717) is 0 Å². The zero-order valence-electron chi connectivity index (χ0n) is 8.48. The summed E-state index contributed by atoms with van der Waals surface area (Å²) in [6.07, 6.45) is -13.3. The lowest BCUT2D eigenvalue weighted by Gasteiger charge is -2.21. The Morgan fingerprint density at radius 1 is 1.06 bits per heavy atom. The first-order valence-corrected chi connectivity index (χ1v) is 4.33. The van der Waals surface area contributed by atoms with E-state index in [4.69, 9.17) is 0 Å². The van der Waals surface area contributed by atoms with Gasteiger partial charge in [0, 0.05) is 6.42 Å². The molecule has 0 N–H and O–H groups in total. The van der Waals surface area contributed by atoms with Crippen molar-refractivity contribution in [3.63, 3.8) is 0 Å². The SMILES string of the molecule is CCOC(=O)C(=O)CC(C(F)(F)F)C(F)(F)F. The van der Waals surface area contributed by atoms with Gasteiger partial charge in [-0.1, -0.05) is 0 Å². The molecule has 0 rings (SSSR count). The number of Topliss-reactive ketones (excluding diaryl/α,β-unsaturated/α-hetero) is 1. The van der Waals surface area contributed by atoms with E-state index < -0.39 is 36.4 Å². The van der Waals surface area contributed by atoms with Crippen LogP contribution < -0.4 is 0 Å². The van der Waals surface area contributed by atoms with Gasteiger partial charge in [-0.2, -0.15) is 26.3 Å². The van der Waals surface area contributed by atoms with Crippen molar-refractivity contribution in [1.82, 2.24) is 0 Å². The number of carbonyl (C=O) groups is 2. The highest BCUT2D eigenvalue weighted by molar-refractivity contribution is 6.33. The highest BCUT2D eigenvalue weighted by Gasteiger charge is 2.57. The maximum absolute atomic E-state index is 12.0. The van der Waals surface area contributed by atoms with Gasteiger partial charge in [0.15, 0.2) is 5.92 Å². The third-order valence-corrected chi connectivity index (χ3v) is 1.68. The second-order valence-corrected chi connectivity index (χ2v) is 2.98. The van der Waals surface area contributed by atoms with Gasteiger partial charge < -0.3 is 4.74 Å². The molecule has 0 saturated carbocycles. The summed E-state index contributed by atoms with van der Waals surface area (Å²) >= 11 is 0. The second kappa shape index (κ2) is 5.37. The molecule has 0 radical (unpaired) electrons. The average molecular weight is 266 g/mol. The van der Waals surface area contributed by atoms with Gasteiger partial charge in [0.25, 0.3) is 0 Å². The lowest BCUT2D eigenvalue weighted by molar-refractivity contribution is -0.283. The third-order valence-electron chi connectivity index (χ3n) is 1.68. The fourth-order valence-electron chi connectivity index (χ4n) is 0.897. The number of rotatable bonds is 4. The minimum Gasteiger partial charge on any atom is -0.460 e. The first-order valence-electron chi connectivity index (χ1n) is 4.33. The lowest BCUT2D eigenvalue weighted by atomic mass is 10.0. The van der Waals surface area contributed by atoms with Crippen LogP contribution in [0.3, 0.4) is 0 Å². The Balaban J connectivity index is 4.80. The molecule has 0 bridgehead atoms. The molecule has 0 saturated heterocycles. The average Bonchev–Trinajstić information content (AvgIpc) is 2.10. The van der Waals surface area contributed by atoms with Gasteiger partial charge in [0.05, 0.1) is 6.61 Å². The summed E-state index contributed by atoms with van der Waals surface area (Å²) in [6.45, 7) is 0.948. The number of ether oxygens (including phenoxy) is 1. The summed E-state index contributed by atoms with van der Waals surface area (Å²) in [5, 5.41) is 0. The summed E-state index contributed by atoms with van der Waals surface area (Å²) in [5.41, 5.74) is 0. The van der Waals surface area contributed by atoms with E-state index in [1.54, 1.807) is 0 Å². The molecule has 3 nitrogen and oxygen atoms in total. The summed E-state index contributed by atoms with van der Waals surface area (Å²) in [6, 6.07) is 0. The van der Waals surface area contributed by atoms with Crippen molar-refractivity contribution < 1.29 is 40.7 Å². The molecule has 0 heterocycles. The van der Waals surface area contributed by atoms with Crippen LogP contribution >= 0.6 is 0 Å². The van der Waals surface area contributed by atoms with Gasteiger partial charge in [-0.3, -0.25) is 4.79 Å². The van der Waals surface area contributed by atoms with Crippen molar-refractivity contribution in [2.75, 3.05) is 6.61 Å². The summed E-state index contributed by atoms with van der Waals surface area (Å²) in [5.74, 6) is -7.41. The van der Waals surface area contributed by atoms with Gasteiger partial charge in [-0.05, 0) is 6.92 Å². The van der Waals surface area contributed by atoms with E-state index in [9.17, 15) is 35.9 Å². The minimum atomic E-state index is -5.64. The minimum absolute atomic E-state index is 0.312. The Morgan fingerprint density at radius 3 is 1.76 bits per heavy atom. The number of hydrogen-bond acceptors (Lipinski definition) is 3. The van der Waals surface area contributed by atoms with Crippen LogP contribution in [0, 0.1) is 5.92 Å². The maximum atomic E-state index is 12.0. The molecule has 9 heteroatoms. The molecular formula is C8H8F6O3. The zero-order valence-corrected chi connectivity index (χ0v) is 8.48. The van der Waals surface area contributed by atoms with Crippen LogP contribution in [0.5, 0.6) is 0 Å². The van der Waals surface area contributed by atoms with Crippen molar-refractivity contribution in [2.24, 2.45) is 5.92 Å². The van der Waals surface area contributed by atoms with Crippen LogP contribution in [0.2, 0.25) is 0 Å². The molecule has 0 amide bonds. The van der Waals surface area contributed by atoms with Crippen LogP contribution in [-0.2, 0) is 14.3 Å². The van der Waals surface area contributed by atoms with Gasteiger partial charge in [0.1, 0.15) is 0 Å². The van der Waals surface area contributed by atoms with Crippen LogP contribution in [-0.4, -0.2) is 30.7 Å². The first kappa shape index (κ1) is 15.7. The van der Waals surface area contributed by atoms with Crippen molar-refractivity contribution >= 4 is 11.8 Å². The second-order valence-electron chi connectivity index (χ2n) is 2.98. The zero-order chi connectivity index (χ0) is 13.9. The number of halogens is 6. The molecule has 17 heavy (non-hydrogen) atoms. The highest BCUT2D eigenvalue weighted by atomic mass is 19.4. The summed E-state index contributed by atoms with van der Waals surface area (Å²) in [4.78, 5) is 21.4. The fourth-order valence-corrected chi connectivity index (χ4v) is 0.897. The molecule has 0 aliphatic carbocycles. The largest absolute Gasteiger partial charge is 0.460 e. The highest BCUT2D eigenvalue weighted by Crippen LogP contribution is 2.41. The Hall–Kier alpha value is -1.28. The Bertz CT molecular complexity index is 279. The number of hydrogen-bond donors (Lipinski definition) is 0. The molecule has 0 unspecified atom stereocenters. The molecule has 0 atom stereocenters. The predicted octanol–water partition coefficient (Wildman–Crippen LogP) is 2.25. The third kappa shape index (κ3) is 5.05. The molecule has 0 spiro atoms. The van der Waals surface area contributed by atoms with Gasteiger partial charge in [0.2, 0.25) is 5.78 Å². The molecule has 0 aliphatic rings. The van der Waals surface area contributed by atoms with Crippen molar-refractivity contribution in [1.29, 1.82) is 0 Å². The summed E-state index contributed by atoms with van der Waals surface area (Å²) in [7, 11) is 0.